The maximum Gasteiger partial charge on any atom is 0.262 e. The monoisotopic (exact) mass is 306 g/mol. The smallest absolute Gasteiger partial charge is 0.262 e. The van der Waals surface area contributed by atoms with Crippen LogP contribution in [-0.2, 0) is 9.59 Å². The number of hydrogen-bond acceptors (Lipinski definition) is 4. The zero-order valence-corrected chi connectivity index (χ0v) is 12.2. The number of benzene rings is 1. The Morgan fingerprint density at radius 2 is 1.73 bits per heavy atom. The molecule has 0 aromatic heterocycles. The molecule has 116 valence electrons. The van der Waals surface area contributed by atoms with Gasteiger partial charge in [0.15, 0.2) is 5.78 Å². The van der Waals surface area contributed by atoms with Crippen molar-refractivity contribution in [3.8, 4) is 0 Å². The second-order valence-electron chi connectivity index (χ2n) is 4.63. The third-order valence-corrected chi connectivity index (χ3v) is 3.39. The van der Waals surface area contributed by atoms with Crippen LogP contribution >= 0.6 is 0 Å². The minimum absolute atomic E-state index is 0.0558. The van der Waals surface area contributed by atoms with Gasteiger partial charge in [-0.1, -0.05) is 13.8 Å². The van der Waals surface area contributed by atoms with E-state index in [0.717, 1.165) is 17.0 Å². The van der Waals surface area contributed by atoms with E-state index in [1.165, 1.54) is 6.07 Å². The lowest BCUT2D eigenvalue weighted by Crippen LogP contribution is -2.55. The lowest BCUT2D eigenvalue weighted by Gasteiger charge is -2.28. The highest BCUT2D eigenvalue weighted by molar-refractivity contribution is 6.23. The van der Waals surface area contributed by atoms with Crippen LogP contribution in [0.15, 0.2) is 18.2 Å². The standard InChI is InChI=1S/C13H9FN2O4.C2H6/c14-6-1-2-7-8(3-6)13(20)16(12(7)19)9-5-15-11(18)4-10(9)17;1-2/h1-3,9H,4-5H2,(H,15,18);1-2H3. The molecule has 1 aromatic carbocycles. The zero-order chi connectivity index (χ0) is 16.4. The summed E-state index contributed by atoms with van der Waals surface area (Å²) >= 11 is 0. The van der Waals surface area contributed by atoms with Crippen molar-refractivity contribution in [1.29, 1.82) is 0 Å². The second-order valence-corrected chi connectivity index (χ2v) is 4.63. The molecule has 1 atom stereocenters. The Kier molecular flexibility index (Phi) is 4.35. The van der Waals surface area contributed by atoms with Crippen molar-refractivity contribution >= 4 is 23.5 Å². The molecular formula is C15H15FN2O4. The fourth-order valence-corrected chi connectivity index (χ4v) is 2.41. The Hall–Kier alpha value is -2.57. The van der Waals surface area contributed by atoms with E-state index in [9.17, 15) is 23.6 Å². The number of ketones is 1. The highest BCUT2D eigenvalue weighted by Gasteiger charge is 2.44. The maximum atomic E-state index is 13.2. The molecule has 1 fully saturated rings. The summed E-state index contributed by atoms with van der Waals surface area (Å²) in [7, 11) is 0. The molecule has 0 aliphatic carbocycles. The average molecular weight is 306 g/mol. The summed E-state index contributed by atoms with van der Waals surface area (Å²) < 4.78 is 13.2. The number of piperidine rings is 1. The molecule has 3 amide bonds. The first-order valence-electron chi connectivity index (χ1n) is 6.96. The van der Waals surface area contributed by atoms with Crippen molar-refractivity contribution in [2.24, 2.45) is 0 Å². The number of nitrogens with one attached hydrogen (secondary N) is 1. The van der Waals surface area contributed by atoms with Gasteiger partial charge in [-0.3, -0.25) is 24.1 Å². The van der Waals surface area contributed by atoms with E-state index in [2.05, 4.69) is 5.32 Å². The Morgan fingerprint density at radius 3 is 2.36 bits per heavy atom. The van der Waals surface area contributed by atoms with Crippen molar-refractivity contribution in [2.45, 2.75) is 26.3 Å². The van der Waals surface area contributed by atoms with Gasteiger partial charge in [0.2, 0.25) is 5.91 Å². The van der Waals surface area contributed by atoms with Crippen molar-refractivity contribution < 1.29 is 23.6 Å². The summed E-state index contributed by atoms with van der Waals surface area (Å²) in [6.45, 7) is 3.89. The highest BCUT2D eigenvalue weighted by atomic mass is 19.1. The van der Waals surface area contributed by atoms with Gasteiger partial charge in [0.25, 0.3) is 11.8 Å². The molecule has 1 N–H and O–H groups in total. The predicted octanol–water partition coefficient (Wildman–Crippen LogP) is 0.905. The average Bonchev–Trinajstić information content (AvgIpc) is 2.73. The van der Waals surface area contributed by atoms with Crippen LogP contribution in [0.2, 0.25) is 0 Å². The molecule has 1 unspecified atom stereocenters. The molecule has 1 saturated heterocycles. The first-order chi connectivity index (χ1) is 10.5. The van der Waals surface area contributed by atoms with E-state index in [1.54, 1.807) is 0 Å². The third-order valence-electron chi connectivity index (χ3n) is 3.39. The Bertz CT molecular complexity index is 672. The van der Waals surface area contributed by atoms with Crippen LogP contribution in [0, 0.1) is 5.82 Å². The first-order valence-corrected chi connectivity index (χ1v) is 6.96. The van der Waals surface area contributed by atoms with Crippen LogP contribution in [0.4, 0.5) is 4.39 Å². The van der Waals surface area contributed by atoms with Gasteiger partial charge in [0, 0.05) is 6.54 Å². The van der Waals surface area contributed by atoms with Gasteiger partial charge in [-0.05, 0) is 18.2 Å². The van der Waals surface area contributed by atoms with E-state index in [1.807, 2.05) is 13.8 Å². The van der Waals surface area contributed by atoms with E-state index in [0.29, 0.717) is 0 Å². The molecule has 22 heavy (non-hydrogen) atoms. The van der Waals surface area contributed by atoms with Crippen molar-refractivity contribution in [3.05, 3.63) is 35.1 Å². The van der Waals surface area contributed by atoms with E-state index >= 15 is 0 Å². The molecule has 3 rings (SSSR count). The summed E-state index contributed by atoms with van der Waals surface area (Å²) in [6, 6.07) is 2.25. The quantitative estimate of drug-likeness (QED) is 0.617. The molecule has 2 aliphatic heterocycles. The van der Waals surface area contributed by atoms with Crippen molar-refractivity contribution in [2.75, 3.05) is 6.54 Å². The molecule has 0 bridgehead atoms. The Labute approximate surface area is 126 Å². The number of fused-ring (bicyclic) bond motifs is 1. The van der Waals surface area contributed by atoms with Crippen LogP contribution in [0.25, 0.3) is 0 Å². The summed E-state index contributed by atoms with van der Waals surface area (Å²) in [5.74, 6) is -2.91. The maximum absolute atomic E-state index is 13.2. The molecule has 0 radical (unpaired) electrons. The van der Waals surface area contributed by atoms with Gasteiger partial charge in [-0.2, -0.15) is 0 Å². The molecular weight excluding hydrogens is 291 g/mol. The molecule has 0 spiro atoms. The summed E-state index contributed by atoms with van der Waals surface area (Å²) in [4.78, 5) is 48.0. The van der Waals surface area contributed by atoms with Crippen LogP contribution in [0.1, 0.15) is 41.0 Å². The van der Waals surface area contributed by atoms with Crippen LogP contribution < -0.4 is 5.32 Å². The molecule has 1 aromatic rings. The number of hydrogen-bond donors (Lipinski definition) is 1. The number of carbonyl (C=O) groups excluding carboxylic acids is 4. The number of rotatable bonds is 1. The number of carbonyl (C=O) groups is 4. The van der Waals surface area contributed by atoms with Gasteiger partial charge in [-0.15, -0.1) is 0 Å². The minimum atomic E-state index is -1.02. The summed E-state index contributed by atoms with van der Waals surface area (Å²) in [5.41, 5.74) is 0.0146. The molecule has 2 heterocycles. The summed E-state index contributed by atoms with van der Waals surface area (Å²) in [5, 5.41) is 2.44. The van der Waals surface area contributed by atoms with Gasteiger partial charge < -0.3 is 5.32 Å². The van der Waals surface area contributed by atoms with Gasteiger partial charge in [-0.25, -0.2) is 4.39 Å². The topological polar surface area (TPSA) is 83.6 Å². The highest BCUT2D eigenvalue weighted by Crippen LogP contribution is 2.26. The largest absolute Gasteiger partial charge is 0.353 e. The predicted molar refractivity (Wildman–Crippen MR) is 74.7 cm³/mol. The molecule has 6 nitrogen and oxygen atoms in total. The van der Waals surface area contributed by atoms with E-state index in [-0.39, 0.29) is 24.1 Å². The van der Waals surface area contributed by atoms with Crippen LogP contribution in [-0.4, -0.2) is 41.0 Å². The van der Waals surface area contributed by atoms with Crippen molar-refractivity contribution in [1.82, 2.24) is 10.2 Å². The van der Waals surface area contributed by atoms with E-state index in [4.69, 9.17) is 0 Å². The number of nitrogens with zero attached hydrogens (tertiary/aromatic N) is 1. The first kappa shape index (κ1) is 15.8. The Balaban J connectivity index is 0.000000847. The fourth-order valence-electron chi connectivity index (χ4n) is 2.41. The number of amides is 3. The van der Waals surface area contributed by atoms with Crippen LogP contribution in [0.5, 0.6) is 0 Å². The fraction of sp³-hybridized carbons (Fsp3) is 0.333. The van der Waals surface area contributed by atoms with Crippen LogP contribution in [0.3, 0.4) is 0 Å². The van der Waals surface area contributed by atoms with Gasteiger partial charge in [0.1, 0.15) is 11.9 Å². The number of imide groups is 1. The van der Waals surface area contributed by atoms with Gasteiger partial charge >= 0.3 is 0 Å². The van der Waals surface area contributed by atoms with Crippen molar-refractivity contribution in [3.63, 3.8) is 0 Å². The molecule has 7 heteroatoms. The summed E-state index contributed by atoms with van der Waals surface area (Å²) in [6.07, 6.45) is -0.369. The zero-order valence-electron chi connectivity index (χ0n) is 12.2. The molecule has 0 saturated carbocycles. The number of halogens is 1. The van der Waals surface area contributed by atoms with Gasteiger partial charge in [0.05, 0.1) is 17.5 Å². The third kappa shape index (κ3) is 2.49. The minimum Gasteiger partial charge on any atom is -0.353 e. The molecule has 2 aliphatic rings. The lowest BCUT2D eigenvalue weighted by molar-refractivity contribution is -0.133. The normalized spacial score (nSPS) is 20.3. The van der Waals surface area contributed by atoms with E-state index < -0.39 is 35.4 Å². The lowest BCUT2D eigenvalue weighted by atomic mass is 10.0. The second kappa shape index (κ2) is 6.05. The SMILES string of the molecule is CC.O=C1CC(=O)C(N2C(=O)c3ccc(F)cc3C2=O)CN1. The number of Topliss-reactive ketones (excluding diaryl/α,β-unsaturated/α-hetero) is 1. The Morgan fingerprint density at radius 1 is 1.09 bits per heavy atom.